The van der Waals surface area contributed by atoms with Gasteiger partial charge in [0.1, 0.15) is 0 Å². The molecule has 7 heteroatoms. The van der Waals surface area contributed by atoms with Crippen molar-refractivity contribution in [3.8, 4) is 0 Å². The highest BCUT2D eigenvalue weighted by Crippen LogP contribution is 2.30. The summed E-state index contributed by atoms with van der Waals surface area (Å²) in [7, 11) is 0. The van der Waals surface area contributed by atoms with Crippen LogP contribution in [0.25, 0.3) is 10.9 Å². The quantitative estimate of drug-likeness (QED) is 0.303. The van der Waals surface area contributed by atoms with Crippen molar-refractivity contribution in [2.24, 2.45) is 5.92 Å². The molecule has 0 aliphatic carbocycles. The van der Waals surface area contributed by atoms with Crippen molar-refractivity contribution in [2.75, 3.05) is 0 Å². The van der Waals surface area contributed by atoms with Crippen molar-refractivity contribution in [3.05, 3.63) is 123 Å². The maximum absolute atomic E-state index is 13.2. The van der Waals surface area contributed by atoms with Crippen LogP contribution in [-0.2, 0) is 19.6 Å². The lowest BCUT2D eigenvalue weighted by Crippen LogP contribution is -2.35. The van der Waals surface area contributed by atoms with Crippen LogP contribution >= 0.6 is 0 Å². The molecular weight excluding hydrogens is 460 g/mol. The fourth-order valence-electron chi connectivity index (χ4n) is 4.94. The number of aromatic nitrogens is 5. The van der Waals surface area contributed by atoms with E-state index in [0.717, 1.165) is 33.4 Å². The molecule has 7 nitrogen and oxygen atoms in total. The molecule has 3 aromatic carbocycles. The molecule has 0 aliphatic rings. The Bertz CT molecular complexity index is 1520. The van der Waals surface area contributed by atoms with Crippen molar-refractivity contribution in [1.82, 2.24) is 30.1 Å². The molecule has 1 atom stereocenters. The van der Waals surface area contributed by atoms with Gasteiger partial charge in [0, 0.05) is 24.2 Å². The van der Waals surface area contributed by atoms with E-state index in [1.165, 1.54) is 5.56 Å². The Kier molecular flexibility index (Phi) is 7.23. The van der Waals surface area contributed by atoms with E-state index in [1.807, 2.05) is 60.1 Å². The van der Waals surface area contributed by atoms with Gasteiger partial charge in [0.15, 0.2) is 5.82 Å². The number of aromatic amines is 1. The lowest BCUT2D eigenvalue weighted by Gasteiger charge is -2.33. The Morgan fingerprint density at radius 3 is 2.30 bits per heavy atom. The van der Waals surface area contributed by atoms with Gasteiger partial charge in [-0.2, -0.15) is 0 Å². The van der Waals surface area contributed by atoms with Gasteiger partial charge in [-0.25, -0.2) is 4.68 Å². The zero-order valence-electron chi connectivity index (χ0n) is 21.5. The lowest BCUT2D eigenvalue weighted by molar-refractivity contribution is 0.126. The molecule has 0 fully saturated rings. The molecule has 2 heterocycles. The van der Waals surface area contributed by atoms with E-state index in [0.29, 0.717) is 19.6 Å². The maximum atomic E-state index is 13.2. The number of H-pyrrole nitrogens is 1. The SMILES string of the molecule is Cc1ccc2cc(CN(Cc3ccccc3)C(c3nnnn3Cc3ccccc3)C(C)C)c(=O)[nH]c2c1. The molecule has 0 radical (unpaired) electrons. The number of hydrogen-bond donors (Lipinski definition) is 1. The smallest absolute Gasteiger partial charge is 0.252 e. The van der Waals surface area contributed by atoms with E-state index in [9.17, 15) is 4.79 Å². The highest BCUT2D eigenvalue weighted by Gasteiger charge is 2.30. The van der Waals surface area contributed by atoms with Gasteiger partial charge in [0.25, 0.3) is 5.56 Å². The third-order valence-corrected chi connectivity index (χ3v) is 6.70. The molecule has 5 aromatic rings. The van der Waals surface area contributed by atoms with Gasteiger partial charge in [-0.3, -0.25) is 9.69 Å². The number of aryl methyl sites for hydroxylation is 1. The van der Waals surface area contributed by atoms with Crippen LogP contribution in [0.15, 0.2) is 89.7 Å². The molecule has 0 spiro atoms. The van der Waals surface area contributed by atoms with Gasteiger partial charge in [0.2, 0.25) is 0 Å². The zero-order chi connectivity index (χ0) is 25.8. The summed E-state index contributed by atoms with van der Waals surface area (Å²) in [5, 5.41) is 13.9. The van der Waals surface area contributed by atoms with E-state index in [4.69, 9.17) is 0 Å². The average Bonchev–Trinajstić information content (AvgIpc) is 3.33. The molecule has 188 valence electrons. The summed E-state index contributed by atoms with van der Waals surface area (Å²) < 4.78 is 1.88. The van der Waals surface area contributed by atoms with Crippen molar-refractivity contribution in [1.29, 1.82) is 0 Å². The van der Waals surface area contributed by atoms with E-state index in [1.54, 1.807) is 0 Å². The van der Waals surface area contributed by atoms with Gasteiger partial charge in [-0.05, 0) is 57.5 Å². The van der Waals surface area contributed by atoms with Crippen LogP contribution in [0.1, 0.15) is 48.0 Å². The Morgan fingerprint density at radius 1 is 0.892 bits per heavy atom. The fourth-order valence-corrected chi connectivity index (χ4v) is 4.94. The average molecular weight is 493 g/mol. The summed E-state index contributed by atoms with van der Waals surface area (Å²) >= 11 is 0. The summed E-state index contributed by atoms with van der Waals surface area (Å²) in [6.07, 6.45) is 0. The number of hydrogen-bond acceptors (Lipinski definition) is 5. The Morgan fingerprint density at radius 2 is 1.59 bits per heavy atom. The normalized spacial score (nSPS) is 12.5. The van der Waals surface area contributed by atoms with E-state index >= 15 is 0 Å². The van der Waals surface area contributed by atoms with Crippen LogP contribution in [0.4, 0.5) is 0 Å². The number of pyridine rings is 1. The number of tetrazole rings is 1. The highest BCUT2D eigenvalue weighted by atomic mass is 16.1. The maximum Gasteiger partial charge on any atom is 0.252 e. The van der Waals surface area contributed by atoms with Gasteiger partial charge < -0.3 is 4.98 Å². The van der Waals surface area contributed by atoms with Gasteiger partial charge in [0.05, 0.1) is 12.6 Å². The molecule has 2 aromatic heterocycles. The van der Waals surface area contributed by atoms with E-state index < -0.39 is 0 Å². The first-order chi connectivity index (χ1) is 18.0. The summed E-state index contributed by atoms with van der Waals surface area (Å²) in [4.78, 5) is 18.6. The van der Waals surface area contributed by atoms with Gasteiger partial charge >= 0.3 is 0 Å². The second-order valence-electron chi connectivity index (χ2n) is 9.97. The van der Waals surface area contributed by atoms with Crippen molar-refractivity contribution in [2.45, 2.75) is 46.4 Å². The van der Waals surface area contributed by atoms with Gasteiger partial charge in [-0.15, -0.1) is 5.10 Å². The minimum atomic E-state index is -0.105. The molecule has 0 bridgehead atoms. The summed E-state index contributed by atoms with van der Waals surface area (Å²) in [6, 6.07) is 28.6. The van der Waals surface area contributed by atoms with Crippen LogP contribution in [0, 0.1) is 12.8 Å². The third kappa shape index (κ3) is 5.67. The molecule has 1 unspecified atom stereocenters. The van der Waals surface area contributed by atoms with Crippen LogP contribution in [-0.4, -0.2) is 30.1 Å². The largest absolute Gasteiger partial charge is 0.322 e. The zero-order valence-corrected chi connectivity index (χ0v) is 21.5. The van der Waals surface area contributed by atoms with E-state index in [2.05, 4.69) is 75.7 Å². The first kappa shape index (κ1) is 24.6. The number of rotatable bonds is 9. The number of nitrogens with zero attached hydrogens (tertiary/aromatic N) is 5. The highest BCUT2D eigenvalue weighted by molar-refractivity contribution is 5.79. The molecular formula is C30H32N6O. The monoisotopic (exact) mass is 492 g/mol. The Balaban J connectivity index is 1.54. The topological polar surface area (TPSA) is 79.7 Å². The predicted molar refractivity (Wildman–Crippen MR) is 146 cm³/mol. The minimum absolute atomic E-state index is 0.0671. The standard InChI is InChI=1S/C30H32N6O/c1-21(2)28(29-32-33-34-36(29)19-24-12-8-5-9-13-24)35(18-23-10-6-4-7-11-23)20-26-17-25-15-14-22(3)16-27(25)31-30(26)37/h4-17,21,28H,18-20H2,1-3H3,(H,31,37). The predicted octanol–water partition coefficient (Wildman–Crippen LogP) is 5.27. The number of fused-ring (bicyclic) bond motifs is 1. The number of nitrogens with one attached hydrogen (secondary N) is 1. The van der Waals surface area contributed by atoms with Crippen LogP contribution < -0.4 is 5.56 Å². The molecule has 37 heavy (non-hydrogen) atoms. The molecule has 5 rings (SSSR count). The van der Waals surface area contributed by atoms with Crippen LogP contribution in [0.3, 0.4) is 0 Å². The fraction of sp³-hybridized carbons (Fsp3) is 0.267. The molecule has 0 aliphatic heterocycles. The molecule has 0 saturated carbocycles. The molecule has 1 N–H and O–H groups in total. The third-order valence-electron chi connectivity index (χ3n) is 6.70. The number of benzene rings is 3. The first-order valence-electron chi connectivity index (χ1n) is 12.7. The summed E-state index contributed by atoms with van der Waals surface area (Å²) in [6.45, 7) is 8.10. The minimum Gasteiger partial charge on any atom is -0.322 e. The first-order valence-corrected chi connectivity index (χ1v) is 12.7. The summed E-state index contributed by atoms with van der Waals surface area (Å²) in [5.74, 6) is 0.994. The second-order valence-corrected chi connectivity index (χ2v) is 9.97. The van der Waals surface area contributed by atoms with Crippen LogP contribution in [0.2, 0.25) is 0 Å². The Labute approximate surface area is 216 Å². The van der Waals surface area contributed by atoms with E-state index in [-0.39, 0.29) is 17.5 Å². The van der Waals surface area contributed by atoms with Crippen molar-refractivity contribution in [3.63, 3.8) is 0 Å². The summed E-state index contributed by atoms with van der Waals surface area (Å²) in [5.41, 5.74) is 4.93. The second kappa shape index (κ2) is 10.9. The van der Waals surface area contributed by atoms with Crippen molar-refractivity contribution < 1.29 is 0 Å². The van der Waals surface area contributed by atoms with Gasteiger partial charge in [-0.1, -0.05) is 86.6 Å². The Hall–Kier alpha value is -4.10. The van der Waals surface area contributed by atoms with Crippen molar-refractivity contribution >= 4 is 10.9 Å². The molecule has 0 saturated heterocycles. The molecule has 0 amide bonds. The van der Waals surface area contributed by atoms with Crippen LogP contribution in [0.5, 0.6) is 0 Å². The lowest BCUT2D eigenvalue weighted by atomic mass is 9.99.